The Balaban J connectivity index is 2.44. The lowest BCUT2D eigenvalue weighted by Gasteiger charge is -2.05. The molecule has 0 aliphatic rings. The molecule has 0 amide bonds. The molecule has 0 saturated carbocycles. The molecule has 0 unspecified atom stereocenters. The fraction of sp³-hybridized carbons (Fsp3) is 0.300. The predicted molar refractivity (Wildman–Crippen MR) is 58.6 cm³/mol. The standard InChI is InChI=1S/C10H10Cl2O3/c1-14-10(13)4-5-15-7-2-3-8(11)9(12)6-7/h2-3,6H,4-5H2,1H3. The fourth-order valence-corrected chi connectivity index (χ4v) is 1.21. The van der Waals surface area contributed by atoms with Crippen molar-refractivity contribution in [2.75, 3.05) is 13.7 Å². The van der Waals surface area contributed by atoms with Gasteiger partial charge in [0.15, 0.2) is 0 Å². The van der Waals surface area contributed by atoms with Crippen molar-refractivity contribution in [3.05, 3.63) is 28.2 Å². The molecule has 0 aliphatic carbocycles. The van der Waals surface area contributed by atoms with Crippen LogP contribution in [0.15, 0.2) is 18.2 Å². The summed E-state index contributed by atoms with van der Waals surface area (Å²) in [4.78, 5) is 10.8. The molecule has 0 bridgehead atoms. The van der Waals surface area contributed by atoms with Crippen molar-refractivity contribution >= 4 is 29.2 Å². The Kier molecular flexibility index (Phi) is 4.72. The Hall–Kier alpha value is -0.930. The summed E-state index contributed by atoms with van der Waals surface area (Å²) in [6.45, 7) is 0.255. The van der Waals surface area contributed by atoms with Crippen molar-refractivity contribution in [2.24, 2.45) is 0 Å². The summed E-state index contributed by atoms with van der Waals surface area (Å²) >= 11 is 11.5. The summed E-state index contributed by atoms with van der Waals surface area (Å²) in [5.41, 5.74) is 0. The zero-order valence-corrected chi connectivity index (χ0v) is 9.64. The number of carbonyl (C=O) groups is 1. The maximum Gasteiger partial charge on any atom is 0.308 e. The Morgan fingerprint density at radius 1 is 1.33 bits per heavy atom. The molecule has 5 heteroatoms. The van der Waals surface area contributed by atoms with Crippen LogP contribution < -0.4 is 4.74 Å². The first-order valence-corrected chi connectivity index (χ1v) is 5.03. The van der Waals surface area contributed by atoms with E-state index in [1.165, 1.54) is 7.11 Å². The van der Waals surface area contributed by atoms with Crippen LogP contribution in [-0.4, -0.2) is 19.7 Å². The van der Waals surface area contributed by atoms with Crippen molar-refractivity contribution < 1.29 is 14.3 Å². The lowest BCUT2D eigenvalue weighted by molar-refractivity contribution is -0.141. The quantitative estimate of drug-likeness (QED) is 0.769. The summed E-state index contributed by atoms with van der Waals surface area (Å²) in [5.74, 6) is 0.267. The molecule has 0 N–H and O–H groups in total. The van der Waals surface area contributed by atoms with Gasteiger partial charge in [-0.2, -0.15) is 0 Å². The SMILES string of the molecule is COC(=O)CCOc1ccc(Cl)c(Cl)c1. The first kappa shape index (κ1) is 12.1. The highest BCUT2D eigenvalue weighted by molar-refractivity contribution is 6.42. The molecule has 1 aromatic carbocycles. The van der Waals surface area contributed by atoms with Gasteiger partial charge in [-0.05, 0) is 12.1 Å². The van der Waals surface area contributed by atoms with Crippen LogP contribution in [0.5, 0.6) is 5.75 Å². The lowest BCUT2D eigenvalue weighted by Crippen LogP contribution is -2.07. The van der Waals surface area contributed by atoms with E-state index in [-0.39, 0.29) is 19.0 Å². The number of methoxy groups -OCH3 is 1. The van der Waals surface area contributed by atoms with Gasteiger partial charge in [0, 0.05) is 6.07 Å². The number of carbonyl (C=O) groups excluding carboxylic acids is 1. The van der Waals surface area contributed by atoms with E-state index in [0.29, 0.717) is 15.8 Å². The van der Waals surface area contributed by atoms with Gasteiger partial charge in [0.1, 0.15) is 5.75 Å². The van der Waals surface area contributed by atoms with Gasteiger partial charge in [0.05, 0.1) is 30.2 Å². The van der Waals surface area contributed by atoms with Crippen molar-refractivity contribution in [1.29, 1.82) is 0 Å². The fourth-order valence-electron chi connectivity index (χ4n) is 0.921. The first-order chi connectivity index (χ1) is 7.13. The van der Waals surface area contributed by atoms with Crippen LogP contribution in [0.4, 0.5) is 0 Å². The zero-order chi connectivity index (χ0) is 11.3. The second kappa shape index (κ2) is 5.83. The second-order valence-electron chi connectivity index (χ2n) is 2.75. The number of rotatable bonds is 4. The van der Waals surface area contributed by atoms with Gasteiger partial charge in [-0.25, -0.2) is 0 Å². The van der Waals surface area contributed by atoms with E-state index >= 15 is 0 Å². The van der Waals surface area contributed by atoms with Crippen LogP contribution in [0.25, 0.3) is 0 Å². The van der Waals surface area contributed by atoms with Crippen LogP contribution in [-0.2, 0) is 9.53 Å². The number of halogens is 2. The monoisotopic (exact) mass is 248 g/mol. The van der Waals surface area contributed by atoms with Crippen molar-refractivity contribution in [3.8, 4) is 5.75 Å². The molecule has 1 aromatic rings. The smallest absolute Gasteiger partial charge is 0.308 e. The molecule has 0 saturated heterocycles. The minimum atomic E-state index is -0.310. The largest absolute Gasteiger partial charge is 0.493 e. The van der Waals surface area contributed by atoms with Gasteiger partial charge in [0.25, 0.3) is 0 Å². The summed E-state index contributed by atoms with van der Waals surface area (Å²) < 4.78 is 9.74. The van der Waals surface area contributed by atoms with Gasteiger partial charge in [-0.15, -0.1) is 0 Å². The molecular formula is C10H10Cl2O3. The molecule has 0 fully saturated rings. The van der Waals surface area contributed by atoms with Gasteiger partial charge >= 0.3 is 5.97 Å². The van der Waals surface area contributed by atoms with E-state index in [2.05, 4.69) is 4.74 Å². The molecule has 3 nitrogen and oxygen atoms in total. The molecule has 0 aromatic heterocycles. The van der Waals surface area contributed by atoms with E-state index in [1.54, 1.807) is 18.2 Å². The predicted octanol–water partition coefficient (Wildman–Crippen LogP) is 2.94. The number of ether oxygens (including phenoxy) is 2. The Labute approximate surface area is 97.9 Å². The summed E-state index contributed by atoms with van der Waals surface area (Å²) in [5, 5.41) is 0.893. The van der Waals surface area contributed by atoms with Gasteiger partial charge in [-0.3, -0.25) is 4.79 Å². The minimum Gasteiger partial charge on any atom is -0.493 e. The van der Waals surface area contributed by atoms with E-state index in [4.69, 9.17) is 27.9 Å². The lowest BCUT2D eigenvalue weighted by atomic mass is 10.3. The van der Waals surface area contributed by atoms with Crippen LogP contribution in [0, 0.1) is 0 Å². The molecule has 0 atom stereocenters. The Bertz CT molecular complexity index is 353. The summed E-state index contributed by atoms with van der Waals surface area (Å²) in [7, 11) is 1.33. The number of hydrogen-bond acceptors (Lipinski definition) is 3. The van der Waals surface area contributed by atoms with E-state index in [1.807, 2.05) is 0 Å². The van der Waals surface area contributed by atoms with Crippen LogP contribution >= 0.6 is 23.2 Å². The summed E-state index contributed by atoms with van der Waals surface area (Å²) in [6, 6.07) is 4.92. The molecular weight excluding hydrogens is 239 g/mol. The van der Waals surface area contributed by atoms with Gasteiger partial charge < -0.3 is 9.47 Å². The number of esters is 1. The average Bonchev–Trinajstić information content (AvgIpc) is 2.23. The molecule has 0 aliphatic heterocycles. The molecule has 15 heavy (non-hydrogen) atoms. The zero-order valence-electron chi connectivity index (χ0n) is 8.13. The van der Waals surface area contributed by atoms with Crippen molar-refractivity contribution in [2.45, 2.75) is 6.42 Å². The Morgan fingerprint density at radius 2 is 2.07 bits per heavy atom. The van der Waals surface area contributed by atoms with E-state index in [0.717, 1.165) is 0 Å². The first-order valence-electron chi connectivity index (χ1n) is 4.28. The van der Waals surface area contributed by atoms with E-state index < -0.39 is 0 Å². The van der Waals surface area contributed by atoms with Gasteiger partial charge in [0.2, 0.25) is 0 Å². The van der Waals surface area contributed by atoms with E-state index in [9.17, 15) is 4.79 Å². The second-order valence-corrected chi connectivity index (χ2v) is 3.56. The third kappa shape index (κ3) is 3.98. The maximum absolute atomic E-state index is 10.8. The van der Waals surface area contributed by atoms with Crippen LogP contribution in [0.1, 0.15) is 6.42 Å². The number of hydrogen-bond donors (Lipinski definition) is 0. The van der Waals surface area contributed by atoms with Crippen molar-refractivity contribution in [1.82, 2.24) is 0 Å². The molecule has 82 valence electrons. The maximum atomic E-state index is 10.8. The third-order valence-corrected chi connectivity index (χ3v) is 2.43. The van der Waals surface area contributed by atoms with Crippen LogP contribution in [0.3, 0.4) is 0 Å². The molecule has 0 heterocycles. The summed E-state index contributed by atoms with van der Waals surface area (Å²) in [6.07, 6.45) is 0.205. The highest BCUT2D eigenvalue weighted by atomic mass is 35.5. The normalized spacial score (nSPS) is 9.80. The molecule has 0 spiro atoms. The molecule has 1 rings (SSSR count). The minimum absolute atomic E-state index is 0.205. The van der Waals surface area contributed by atoms with Crippen molar-refractivity contribution in [3.63, 3.8) is 0 Å². The highest BCUT2D eigenvalue weighted by Gasteiger charge is 2.02. The topological polar surface area (TPSA) is 35.5 Å². The number of benzene rings is 1. The highest BCUT2D eigenvalue weighted by Crippen LogP contribution is 2.26. The van der Waals surface area contributed by atoms with Crippen LogP contribution in [0.2, 0.25) is 10.0 Å². The molecule has 0 radical (unpaired) electrons. The third-order valence-electron chi connectivity index (χ3n) is 1.69. The van der Waals surface area contributed by atoms with Gasteiger partial charge in [-0.1, -0.05) is 23.2 Å². The average molecular weight is 249 g/mol. The Morgan fingerprint density at radius 3 is 2.67 bits per heavy atom.